The van der Waals surface area contributed by atoms with Gasteiger partial charge in [-0.25, -0.2) is 0 Å². The molecule has 2 aliphatic rings. The summed E-state index contributed by atoms with van der Waals surface area (Å²) in [4.78, 5) is 0. The molecule has 0 nitrogen and oxygen atoms in total. The first-order valence-corrected chi connectivity index (χ1v) is 7.05. The molecule has 1 fully saturated rings. The van der Waals surface area contributed by atoms with Crippen molar-refractivity contribution in [3.05, 3.63) is 36.0 Å². The van der Waals surface area contributed by atoms with E-state index >= 15 is 0 Å². The van der Waals surface area contributed by atoms with Crippen LogP contribution in [0.25, 0.3) is 0 Å². The Hall–Kier alpha value is -0.780. The third kappa shape index (κ3) is 5.91. The third-order valence-corrected chi connectivity index (χ3v) is 3.74. The second kappa shape index (κ2) is 7.53. The van der Waals surface area contributed by atoms with Gasteiger partial charge in [0, 0.05) is 0 Å². The van der Waals surface area contributed by atoms with E-state index in [4.69, 9.17) is 0 Å². The van der Waals surface area contributed by atoms with Crippen LogP contribution in [0, 0.1) is 11.8 Å². The molecule has 0 N–H and O–H groups in total. The SMILES string of the molecule is C1=C2CCC(C1)C2.C=CC(C)CCC=C(C)C. The first-order valence-electron chi connectivity index (χ1n) is 7.05. The molecule has 0 heteroatoms. The molecule has 0 aromatic rings. The van der Waals surface area contributed by atoms with Crippen molar-refractivity contribution in [3.63, 3.8) is 0 Å². The first-order chi connectivity index (χ1) is 8.11. The maximum Gasteiger partial charge on any atom is -0.0262 e. The molecule has 0 heterocycles. The van der Waals surface area contributed by atoms with Gasteiger partial charge in [0.1, 0.15) is 0 Å². The maximum absolute atomic E-state index is 3.74. The summed E-state index contributed by atoms with van der Waals surface area (Å²) in [6.07, 6.45) is 14.9. The Labute approximate surface area is 108 Å². The van der Waals surface area contributed by atoms with Crippen molar-refractivity contribution in [1.82, 2.24) is 0 Å². The van der Waals surface area contributed by atoms with Crippen LogP contribution in [0.3, 0.4) is 0 Å². The number of rotatable bonds is 4. The Morgan fingerprint density at radius 1 is 1.53 bits per heavy atom. The Morgan fingerprint density at radius 2 is 2.29 bits per heavy atom. The lowest BCUT2D eigenvalue weighted by atomic mass is 10.1. The summed E-state index contributed by atoms with van der Waals surface area (Å²) < 4.78 is 0. The van der Waals surface area contributed by atoms with E-state index in [0.717, 1.165) is 5.92 Å². The molecule has 0 aliphatic heterocycles. The van der Waals surface area contributed by atoms with E-state index < -0.39 is 0 Å². The summed E-state index contributed by atoms with van der Waals surface area (Å²) in [5.74, 6) is 1.74. The fraction of sp³-hybridized carbons (Fsp3) is 0.647. The first kappa shape index (κ1) is 14.3. The van der Waals surface area contributed by atoms with Gasteiger partial charge in [0.15, 0.2) is 0 Å². The van der Waals surface area contributed by atoms with Crippen molar-refractivity contribution in [2.75, 3.05) is 0 Å². The van der Waals surface area contributed by atoms with E-state index in [1.165, 1.54) is 44.1 Å². The monoisotopic (exact) mass is 232 g/mol. The molecule has 0 aromatic carbocycles. The van der Waals surface area contributed by atoms with Gasteiger partial charge in [0.05, 0.1) is 0 Å². The van der Waals surface area contributed by atoms with Crippen LogP contribution in [0.5, 0.6) is 0 Å². The Kier molecular flexibility index (Phi) is 6.32. The minimum atomic E-state index is 0.663. The molecule has 0 spiro atoms. The maximum atomic E-state index is 3.74. The number of hydrogen-bond donors (Lipinski definition) is 0. The average molecular weight is 232 g/mol. The topological polar surface area (TPSA) is 0 Å². The molecule has 96 valence electrons. The second-order valence-electron chi connectivity index (χ2n) is 5.78. The summed E-state index contributed by atoms with van der Waals surface area (Å²) in [5, 5.41) is 0. The highest BCUT2D eigenvalue weighted by Gasteiger charge is 2.22. The highest BCUT2D eigenvalue weighted by atomic mass is 14.3. The van der Waals surface area contributed by atoms with Crippen LogP contribution in [0.15, 0.2) is 36.0 Å². The summed E-state index contributed by atoms with van der Waals surface area (Å²) in [5.41, 5.74) is 3.15. The molecule has 2 bridgehead atoms. The summed E-state index contributed by atoms with van der Waals surface area (Å²) >= 11 is 0. The molecule has 2 atom stereocenters. The second-order valence-corrected chi connectivity index (χ2v) is 5.78. The summed E-state index contributed by atoms with van der Waals surface area (Å²) in [6, 6.07) is 0. The van der Waals surface area contributed by atoms with Gasteiger partial charge in [-0.1, -0.05) is 36.3 Å². The van der Waals surface area contributed by atoms with Crippen LogP contribution in [0.2, 0.25) is 0 Å². The molecule has 0 saturated heterocycles. The number of hydrogen-bond acceptors (Lipinski definition) is 0. The van der Waals surface area contributed by atoms with E-state index in [-0.39, 0.29) is 0 Å². The molecule has 0 aromatic heterocycles. The number of fused-ring (bicyclic) bond motifs is 2. The molecule has 2 unspecified atom stereocenters. The largest absolute Gasteiger partial charge is 0.103 e. The van der Waals surface area contributed by atoms with Crippen molar-refractivity contribution < 1.29 is 0 Å². The third-order valence-electron chi connectivity index (χ3n) is 3.74. The lowest BCUT2D eigenvalue weighted by Gasteiger charge is -2.01. The van der Waals surface area contributed by atoms with E-state index in [1.807, 2.05) is 6.08 Å². The molecule has 0 amide bonds. The van der Waals surface area contributed by atoms with Gasteiger partial charge in [-0.3, -0.25) is 0 Å². The quantitative estimate of drug-likeness (QED) is 0.548. The van der Waals surface area contributed by atoms with Crippen LogP contribution in [0.4, 0.5) is 0 Å². The molecular formula is C17H28. The zero-order valence-electron chi connectivity index (χ0n) is 11.8. The van der Waals surface area contributed by atoms with Gasteiger partial charge in [0.2, 0.25) is 0 Å². The highest BCUT2D eigenvalue weighted by Crippen LogP contribution is 2.38. The predicted molar refractivity (Wildman–Crippen MR) is 78.1 cm³/mol. The van der Waals surface area contributed by atoms with E-state index in [1.54, 1.807) is 5.57 Å². The lowest BCUT2D eigenvalue weighted by molar-refractivity contribution is 0.576. The predicted octanol–water partition coefficient (Wildman–Crippen LogP) is 5.67. The van der Waals surface area contributed by atoms with E-state index in [9.17, 15) is 0 Å². The fourth-order valence-corrected chi connectivity index (χ4v) is 2.44. The minimum absolute atomic E-state index is 0.663. The fourth-order valence-electron chi connectivity index (χ4n) is 2.44. The van der Waals surface area contributed by atoms with Crippen LogP contribution >= 0.6 is 0 Å². The zero-order valence-corrected chi connectivity index (χ0v) is 11.8. The lowest BCUT2D eigenvalue weighted by Crippen LogP contribution is -1.86. The Morgan fingerprint density at radius 3 is 2.59 bits per heavy atom. The van der Waals surface area contributed by atoms with Gasteiger partial charge in [-0.05, 0) is 64.2 Å². The molecule has 2 aliphatic carbocycles. The van der Waals surface area contributed by atoms with E-state index in [2.05, 4.69) is 39.5 Å². The standard InChI is InChI=1S/C10H18.C7H10/c1-5-10(4)8-6-7-9(2)3;1-2-7-4-3-6(1)5-7/h5,7,10H,1,6,8H2,2-4H3;1,7H,2-5H2. The molecule has 1 saturated carbocycles. The van der Waals surface area contributed by atoms with Gasteiger partial charge >= 0.3 is 0 Å². The van der Waals surface area contributed by atoms with Crippen LogP contribution in [-0.2, 0) is 0 Å². The van der Waals surface area contributed by atoms with Crippen molar-refractivity contribution in [3.8, 4) is 0 Å². The van der Waals surface area contributed by atoms with Crippen molar-refractivity contribution in [1.29, 1.82) is 0 Å². The van der Waals surface area contributed by atoms with Crippen molar-refractivity contribution in [2.24, 2.45) is 11.8 Å². The van der Waals surface area contributed by atoms with Crippen LogP contribution < -0.4 is 0 Å². The summed E-state index contributed by atoms with van der Waals surface area (Å²) in [6.45, 7) is 10.2. The van der Waals surface area contributed by atoms with Crippen molar-refractivity contribution >= 4 is 0 Å². The smallest absolute Gasteiger partial charge is 0.0262 e. The van der Waals surface area contributed by atoms with Crippen LogP contribution in [0.1, 0.15) is 59.3 Å². The van der Waals surface area contributed by atoms with Gasteiger partial charge in [-0.15, -0.1) is 6.58 Å². The average Bonchev–Trinajstić information content (AvgIpc) is 2.93. The normalized spacial score (nSPS) is 22.3. The molecule has 0 radical (unpaired) electrons. The Balaban J connectivity index is 0.000000177. The zero-order chi connectivity index (χ0) is 12.7. The van der Waals surface area contributed by atoms with Gasteiger partial charge < -0.3 is 0 Å². The minimum Gasteiger partial charge on any atom is -0.103 e. The Bertz CT molecular complexity index is 289. The highest BCUT2D eigenvalue weighted by molar-refractivity contribution is 5.15. The van der Waals surface area contributed by atoms with Crippen molar-refractivity contribution in [2.45, 2.75) is 59.3 Å². The molecule has 17 heavy (non-hydrogen) atoms. The van der Waals surface area contributed by atoms with Gasteiger partial charge in [-0.2, -0.15) is 0 Å². The molecular weight excluding hydrogens is 204 g/mol. The summed E-state index contributed by atoms with van der Waals surface area (Å²) in [7, 11) is 0. The van der Waals surface area contributed by atoms with Gasteiger partial charge in [0.25, 0.3) is 0 Å². The number of allylic oxidation sites excluding steroid dienone is 5. The van der Waals surface area contributed by atoms with E-state index in [0.29, 0.717) is 5.92 Å². The van der Waals surface area contributed by atoms with Crippen LogP contribution in [-0.4, -0.2) is 0 Å². The molecule has 2 rings (SSSR count).